The summed E-state index contributed by atoms with van der Waals surface area (Å²) in [6, 6.07) is 11.9. The van der Waals surface area contributed by atoms with Gasteiger partial charge in [0.2, 0.25) is 0 Å². The van der Waals surface area contributed by atoms with E-state index < -0.39 is 0 Å². The zero-order chi connectivity index (χ0) is 12.4. The van der Waals surface area contributed by atoms with E-state index in [1.807, 2.05) is 12.1 Å². The zero-order valence-corrected chi connectivity index (χ0v) is 11.7. The Morgan fingerprint density at radius 1 is 1.00 bits per heavy atom. The third-order valence-corrected chi connectivity index (χ3v) is 3.98. The van der Waals surface area contributed by atoms with E-state index in [1.165, 1.54) is 6.07 Å². The fraction of sp³-hybridized carbons (Fsp3) is 0.0769. The summed E-state index contributed by atoms with van der Waals surface area (Å²) in [5.41, 5.74) is 1.35. The molecule has 0 saturated heterocycles. The average molecular weight is 334 g/mol. The number of rotatable bonds is 2. The molecular formula is C13H8BrCl2F. The minimum atomic E-state index is -0.325. The lowest BCUT2D eigenvalue weighted by atomic mass is 10.0. The molecule has 2 aromatic carbocycles. The van der Waals surface area contributed by atoms with Crippen molar-refractivity contribution in [3.63, 3.8) is 0 Å². The Hall–Kier alpha value is -0.570. The predicted molar refractivity (Wildman–Crippen MR) is 73.6 cm³/mol. The summed E-state index contributed by atoms with van der Waals surface area (Å²) >= 11 is 15.3. The van der Waals surface area contributed by atoms with Gasteiger partial charge in [-0.2, -0.15) is 0 Å². The summed E-state index contributed by atoms with van der Waals surface area (Å²) in [7, 11) is 0. The first kappa shape index (κ1) is 12.9. The standard InChI is InChI=1S/C13H8BrCl2F/c14-13(8-4-6-9(15)7-5-8)12-10(16)2-1-3-11(12)17/h1-7,13H. The molecular weight excluding hydrogens is 326 g/mol. The van der Waals surface area contributed by atoms with Crippen LogP contribution in [-0.4, -0.2) is 0 Å². The van der Waals surface area contributed by atoms with Crippen LogP contribution in [0.2, 0.25) is 10.0 Å². The van der Waals surface area contributed by atoms with Crippen LogP contribution in [0.3, 0.4) is 0 Å². The topological polar surface area (TPSA) is 0 Å². The maximum Gasteiger partial charge on any atom is 0.129 e. The van der Waals surface area contributed by atoms with Crippen LogP contribution in [0.5, 0.6) is 0 Å². The second-order valence-corrected chi connectivity index (χ2v) is 5.31. The van der Waals surface area contributed by atoms with Crippen molar-refractivity contribution >= 4 is 39.1 Å². The number of halogens is 4. The molecule has 0 aromatic heterocycles. The van der Waals surface area contributed by atoms with Crippen LogP contribution in [0.1, 0.15) is 16.0 Å². The van der Waals surface area contributed by atoms with E-state index in [4.69, 9.17) is 23.2 Å². The minimum absolute atomic E-state index is 0.284. The SMILES string of the molecule is Fc1cccc(Cl)c1C(Br)c1ccc(Cl)cc1. The second kappa shape index (κ2) is 5.38. The molecule has 0 nitrogen and oxygen atoms in total. The smallest absolute Gasteiger partial charge is 0.129 e. The van der Waals surface area contributed by atoms with Crippen LogP contribution in [0.4, 0.5) is 4.39 Å². The van der Waals surface area contributed by atoms with Gasteiger partial charge in [0.1, 0.15) is 5.82 Å². The van der Waals surface area contributed by atoms with Gasteiger partial charge in [-0.25, -0.2) is 4.39 Å². The molecule has 0 saturated carbocycles. The Labute approximate surface area is 117 Å². The maximum absolute atomic E-state index is 13.7. The highest BCUT2D eigenvalue weighted by atomic mass is 79.9. The zero-order valence-electron chi connectivity index (χ0n) is 8.63. The first-order valence-corrected chi connectivity index (χ1v) is 6.60. The van der Waals surface area contributed by atoms with Crippen molar-refractivity contribution < 1.29 is 4.39 Å². The number of benzene rings is 2. The van der Waals surface area contributed by atoms with Crippen molar-refractivity contribution in [1.29, 1.82) is 0 Å². The first-order chi connectivity index (χ1) is 8.09. The fourth-order valence-corrected chi connectivity index (χ4v) is 2.85. The molecule has 0 bridgehead atoms. The molecule has 0 aliphatic heterocycles. The van der Waals surface area contributed by atoms with Crippen LogP contribution >= 0.6 is 39.1 Å². The number of hydrogen-bond donors (Lipinski definition) is 0. The molecule has 0 aliphatic rings. The lowest BCUT2D eigenvalue weighted by molar-refractivity contribution is 0.613. The molecule has 17 heavy (non-hydrogen) atoms. The van der Waals surface area contributed by atoms with Gasteiger partial charge >= 0.3 is 0 Å². The van der Waals surface area contributed by atoms with Crippen LogP contribution in [0.25, 0.3) is 0 Å². The lowest BCUT2D eigenvalue weighted by Crippen LogP contribution is -1.97. The molecule has 2 aromatic rings. The molecule has 4 heteroatoms. The summed E-state index contributed by atoms with van der Waals surface area (Å²) < 4.78 is 13.7. The average Bonchev–Trinajstić information content (AvgIpc) is 2.29. The maximum atomic E-state index is 13.7. The van der Waals surface area contributed by atoms with Crippen molar-refractivity contribution in [2.75, 3.05) is 0 Å². The van der Waals surface area contributed by atoms with Crippen LogP contribution in [0, 0.1) is 5.82 Å². The van der Waals surface area contributed by atoms with E-state index in [9.17, 15) is 4.39 Å². The Morgan fingerprint density at radius 3 is 2.24 bits per heavy atom. The van der Waals surface area contributed by atoms with Crippen molar-refractivity contribution in [3.05, 3.63) is 69.5 Å². The summed E-state index contributed by atoms with van der Waals surface area (Å²) in [4.78, 5) is -0.284. The first-order valence-electron chi connectivity index (χ1n) is 4.93. The van der Waals surface area contributed by atoms with E-state index >= 15 is 0 Å². The summed E-state index contributed by atoms with van der Waals surface area (Å²) in [6.07, 6.45) is 0. The van der Waals surface area contributed by atoms with Crippen LogP contribution in [-0.2, 0) is 0 Å². The van der Waals surface area contributed by atoms with E-state index in [0.717, 1.165) is 5.56 Å². The quantitative estimate of drug-likeness (QED) is 0.626. The summed E-state index contributed by atoms with van der Waals surface area (Å²) in [6.45, 7) is 0. The Morgan fingerprint density at radius 2 is 1.65 bits per heavy atom. The van der Waals surface area contributed by atoms with E-state index in [-0.39, 0.29) is 10.6 Å². The monoisotopic (exact) mass is 332 g/mol. The minimum Gasteiger partial charge on any atom is -0.207 e. The van der Waals surface area contributed by atoms with E-state index in [2.05, 4.69) is 15.9 Å². The van der Waals surface area contributed by atoms with Crippen molar-refractivity contribution in [2.24, 2.45) is 0 Å². The highest BCUT2D eigenvalue weighted by Gasteiger charge is 2.17. The Kier molecular flexibility index (Phi) is 4.08. The molecule has 0 spiro atoms. The van der Waals surface area contributed by atoms with Crippen molar-refractivity contribution in [3.8, 4) is 0 Å². The molecule has 88 valence electrons. The summed E-state index contributed by atoms with van der Waals surface area (Å²) in [5, 5.41) is 1.05. The molecule has 1 atom stereocenters. The van der Waals surface area contributed by atoms with Gasteiger partial charge in [-0.3, -0.25) is 0 Å². The molecule has 0 amide bonds. The summed E-state index contributed by atoms with van der Waals surface area (Å²) in [5.74, 6) is -0.325. The van der Waals surface area contributed by atoms with E-state index in [0.29, 0.717) is 15.6 Å². The fourth-order valence-electron chi connectivity index (χ4n) is 1.55. The predicted octanol–water partition coefficient (Wildman–Crippen LogP) is 5.62. The van der Waals surface area contributed by atoms with Crippen LogP contribution in [0.15, 0.2) is 42.5 Å². The van der Waals surface area contributed by atoms with Gasteiger partial charge in [0.15, 0.2) is 0 Å². The largest absolute Gasteiger partial charge is 0.207 e. The lowest BCUT2D eigenvalue weighted by Gasteiger charge is -2.13. The molecule has 0 N–H and O–H groups in total. The number of hydrogen-bond acceptors (Lipinski definition) is 0. The molecule has 1 unspecified atom stereocenters. The normalized spacial score (nSPS) is 12.5. The molecule has 0 heterocycles. The van der Waals surface area contributed by atoms with E-state index in [1.54, 1.807) is 24.3 Å². The van der Waals surface area contributed by atoms with Gasteiger partial charge < -0.3 is 0 Å². The van der Waals surface area contributed by atoms with Crippen molar-refractivity contribution in [1.82, 2.24) is 0 Å². The highest BCUT2D eigenvalue weighted by Crippen LogP contribution is 2.37. The van der Waals surface area contributed by atoms with Gasteiger partial charge in [-0.05, 0) is 29.8 Å². The van der Waals surface area contributed by atoms with Crippen molar-refractivity contribution in [2.45, 2.75) is 4.83 Å². The highest BCUT2D eigenvalue weighted by molar-refractivity contribution is 9.09. The van der Waals surface area contributed by atoms with Gasteiger partial charge in [0.05, 0.1) is 4.83 Å². The van der Waals surface area contributed by atoms with Gasteiger partial charge in [-0.1, -0.05) is 57.3 Å². The van der Waals surface area contributed by atoms with Gasteiger partial charge in [0, 0.05) is 15.6 Å². The van der Waals surface area contributed by atoms with Gasteiger partial charge in [-0.15, -0.1) is 0 Å². The second-order valence-electron chi connectivity index (χ2n) is 3.55. The Balaban J connectivity index is 2.43. The van der Waals surface area contributed by atoms with Crippen LogP contribution < -0.4 is 0 Å². The third kappa shape index (κ3) is 2.82. The molecule has 0 fully saturated rings. The molecule has 0 aliphatic carbocycles. The molecule has 2 rings (SSSR count). The Bertz CT molecular complexity index is 505. The van der Waals surface area contributed by atoms with Gasteiger partial charge in [0.25, 0.3) is 0 Å². The molecule has 0 radical (unpaired) electrons. The third-order valence-electron chi connectivity index (χ3n) is 2.42. The number of alkyl halides is 1.